The van der Waals surface area contributed by atoms with Crippen LogP contribution < -0.4 is 4.74 Å². The number of nitrogens with zero attached hydrogens (tertiary/aromatic N) is 2. The van der Waals surface area contributed by atoms with Crippen LogP contribution in [0.4, 0.5) is 0 Å². The van der Waals surface area contributed by atoms with Crippen molar-refractivity contribution >= 4 is 11.8 Å². The van der Waals surface area contributed by atoms with E-state index < -0.39 is 17.4 Å². The van der Waals surface area contributed by atoms with Gasteiger partial charge in [-0.05, 0) is 17.7 Å². The summed E-state index contributed by atoms with van der Waals surface area (Å²) in [7, 11) is 3.26. The average Bonchev–Trinajstić information content (AvgIpc) is 3.30. The van der Waals surface area contributed by atoms with Crippen LogP contribution in [-0.4, -0.2) is 72.3 Å². The minimum absolute atomic E-state index is 0.0552. The molecule has 7 heteroatoms. The molecule has 4 rings (SSSR count). The Morgan fingerprint density at radius 3 is 3.04 bits per heavy atom. The molecule has 0 aromatic heterocycles. The van der Waals surface area contributed by atoms with Gasteiger partial charge < -0.3 is 24.4 Å². The summed E-state index contributed by atoms with van der Waals surface area (Å²) in [6.07, 6.45) is 3.47. The van der Waals surface area contributed by atoms with Gasteiger partial charge in [0.2, 0.25) is 11.8 Å². The molecule has 144 valence electrons. The van der Waals surface area contributed by atoms with Crippen LogP contribution in [0, 0.1) is 11.8 Å². The van der Waals surface area contributed by atoms with Crippen LogP contribution in [0.1, 0.15) is 5.56 Å². The molecule has 0 aliphatic carbocycles. The van der Waals surface area contributed by atoms with Gasteiger partial charge in [-0.15, -0.1) is 0 Å². The van der Waals surface area contributed by atoms with Crippen molar-refractivity contribution in [3.63, 3.8) is 0 Å². The number of aliphatic hydroxyl groups is 1. The number of aliphatic hydroxyl groups excluding tert-OH is 1. The molecule has 3 heterocycles. The number of hydrogen-bond acceptors (Lipinski definition) is 5. The second kappa shape index (κ2) is 6.65. The Hall–Kier alpha value is -2.38. The fraction of sp³-hybridized carbons (Fsp3) is 0.500. The standard InChI is InChI=1S/C20H24N2O5/c1-21(8-9-23)18(24)16-15-6-7-20(27-15)12-22(19(25)17(16)20)11-13-4-3-5-14(10-13)26-2/h3-7,10,15-17,23H,8-9,11-12H2,1-2H3/t15-,16?,17?,20-/m0/s1. The number of rotatable bonds is 6. The first-order chi connectivity index (χ1) is 13.0. The van der Waals surface area contributed by atoms with E-state index in [2.05, 4.69) is 0 Å². The highest BCUT2D eigenvalue weighted by atomic mass is 16.5. The Morgan fingerprint density at radius 2 is 2.30 bits per heavy atom. The van der Waals surface area contributed by atoms with Crippen molar-refractivity contribution in [2.24, 2.45) is 11.8 Å². The third kappa shape index (κ3) is 2.82. The second-order valence-corrected chi connectivity index (χ2v) is 7.43. The van der Waals surface area contributed by atoms with E-state index in [1.165, 1.54) is 4.90 Å². The summed E-state index contributed by atoms with van der Waals surface area (Å²) in [5.41, 5.74) is 0.249. The van der Waals surface area contributed by atoms with Gasteiger partial charge in [0.15, 0.2) is 0 Å². The van der Waals surface area contributed by atoms with Crippen molar-refractivity contribution in [3.8, 4) is 5.75 Å². The molecule has 2 bridgehead atoms. The third-order valence-electron chi connectivity index (χ3n) is 5.78. The fourth-order valence-corrected chi connectivity index (χ4v) is 4.50. The highest BCUT2D eigenvalue weighted by Crippen LogP contribution is 2.52. The largest absolute Gasteiger partial charge is 0.497 e. The topological polar surface area (TPSA) is 79.3 Å². The lowest BCUT2D eigenvalue weighted by molar-refractivity contribution is -0.142. The van der Waals surface area contributed by atoms with Crippen LogP contribution in [0.2, 0.25) is 0 Å². The maximum absolute atomic E-state index is 13.2. The van der Waals surface area contributed by atoms with Gasteiger partial charge in [0.25, 0.3) is 0 Å². The van der Waals surface area contributed by atoms with E-state index in [9.17, 15) is 9.59 Å². The van der Waals surface area contributed by atoms with Crippen LogP contribution in [0.15, 0.2) is 36.4 Å². The van der Waals surface area contributed by atoms with E-state index in [1.54, 1.807) is 19.1 Å². The van der Waals surface area contributed by atoms with Crippen molar-refractivity contribution in [2.75, 3.05) is 33.9 Å². The van der Waals surface area contributed by atoms with Gasteiger partial charge in [-0.1, -0.05) is 24.3 Å². The molecular weight excluding hydrogens is 348 g/mol. The van der Waals surface area contributed by atoms with E-state index in [0.717, 1.165) is 11.3 Å². The fourth-order valence-electron chi connectivity index (χ4n) is 4.50. The summed E-state index contributed by atoms with van der Waals surface area (Å²) < 4.78 is 11.4. The zero-order valence-corrected chi connectivity index (χ0v) is 15.5. The monoisotopic (exact) mass is 372 g/mol. The Balaban J connectivity index is 1.56. The van der Waals surface area contributed by atoms with Gasteiger partial charge in [0.05, 0.1) is 38.2 Å². The van der Waals surface area contributed by atoms with Crippen LogP contribution >= 0.6 is 0 Å². The Bertz CT molecular complexity index is 794. The molecule has 1 N–H and O–H groups in total. The zero-order valence-electron chi connectivity index (χ0n) is 15.5. The molecule has 0 radical (unpaired) electrons. The first kappa shape index (κ1) is 18.0. The predicted molar refractivity (Wildman–Crippen MR) is 96.9 cm³/mol. The molecule has 3 aliphatic heterocycles. The minimum Gasteiger partial charge on any atom is -0.497 e. The number of fused-ring (bicyclic) bond motifs is 1. The molecule has 1 aromatic carbocycles. The Morgan fingerprint density at radius 1 is 1.48 bits per heavy atom. The molecule has 27 heavy (non-hydrogen) atoms. The lowest BCUT2D eigenvalue weighted by atomic mass is 9.76. The first-order valence-electron chi connectivity index (χ1n) is 9.14. The molecule has 2 fully saturated rings. The van der Waals surface area contributed by atoms with Gasteiger partial charge in [0, 0.05) is 20.1 Å². The SMILES string of the molecule is COc1cccc(CN2C[C@]34C=C[C@H](O3)C(C(=O)N(C)CCO)C4C2=O)c1. The van der Waals surface area contributed by atoms with Crippen molar-refractivity contribution < 1.29 is 24.2 Å². The molecule has 4 atom stereocenters. The number of carbonyl (C=O) groups excluding carboxylic acids is 2. The lowest BCUT2D eigenvalue weighted by Crippen LogP contribution is -2.45. The quantitative estimate of drug-likeness (QED) is 0.733. The summed E-state index contributed by atoms with van der Waals surface area (Å²) in [5.74, 6) is -0.503. The zero-order chi connectivity index (χ0) is 19.2. The number of likely N-dealkylation sites (tertiary alicyclic amines) is 1. The summed E-state index contributed by atoms with van der Waals surface area (Å²) in [6, 6.07) is 7.62. The number of benzene rings is 1. The predicted octanol–water partition coefficient (Wildman–Crippen LogP) is 0.428. The molecular formula is C20H24N2O5. The van der Waals surface area contributed by atoms with Gasteiger partial charge in [-0.2, -0.15) is 0 Å². The summed E-state index contributed by atoms with van der Waals surface area (Å²) in [6.45, 7) is 1.02. The molecule has 1 aromatic rings. The number of carbonyl (C=O) groups is 2. The maximum atomic E-state index is 13.2. The Labute approximate surface area is 158 Å². The molecule has 2 amide bonds. The molecule has 1 spiro atoms. The number of methoxy groups -OCH3 is 1. The normalized spacial score (nSPS) is 30.7. The number of likely N-dealkylation sites (N-methyl/N-ethyl adjacent to an activating group) is 1. The summed E-state index contributed by atoms with van der Waals surface area (Å²) in [4.78, 5) is 29.3. The smallest absolute Gasteiger partial charge is 0.230 e. The summed E-state index contributed by atoms with van der Waals surface area (Å²) >= 11 is 0. The third-order valence-corrected chi connectivity index (χ3v) is 5.78. The number of ether oxygens (including phenoxy) is 2. The number of hydrogen-bond donors (Lipinski definition) is 1. The van der Waals surface area contributed by atoms with Crippen molar-refractivity contribution in [2.45, 2.75) is 18.2 Å². The van der Waals surface area contributed by atoms with Gasteiger partial charge in [0.1, 0.15) is 11.4 Å². The van der Waals surface area contributed by atoms with E-state index >= 15 is 0 Å². The van der Waals surface area contributed by atoms with Crippen molar-refractivity contribution in [1.82, 2.24) is 9.80 Å². The van der Waals surface area contributed by atoms with Gasteiger partial charge in [-0.3, -0.25) is 9.59 Å². The number of amides is 2. The Kier molecular flexibility index (Phi) is 4.44. The van der Waals surface area contributed by atoms with Crippen LogP contribution in [-0.2, 0) is 20.9 Å². The van der Waals surface area contributed by atoms with Crippen molar-refractivity contribution in [3.05, 3.63) is 42.0 Å². The van der Waals surface area contributed by atoms with Gasteiger partial charge in [-0.25, -0.2) is 0 Å². The second-order valence-electron chi connectivity index (χ2n) is 7.43. The highest BCUT2D eigenvalue weighted by molar-refractivity contribution is 5.93. The van der Waals surface area contributed by atoms with Crippen LogP contribution in [0.25, 0.3) is 0 Å². The lowest BCUT2D eigenvalue weighted by Gasteiger charge is -2.27. The minimum atomic E-state index is -0.721. The molecule has 2 saturated heterocycles. The van der Waals surface area contributed by atoms with E-state index in [1.807, 2.05) is 36.4 Å². The average molecular weight is 372 g/mol. The van der Waals surface area contributed by atoms with E-state index in [4.69, 9.17) is 14.6 Å². The van der Waals surface area contributed by atoms with Crippen LogP contribution in [0.5, 0.6) is 5.75 Å². The molecule has 0 saturated carbocycles. The van der Waals surface area contributed by atoms with Crippen LogP contribution in [0.3, 0.4) is 0 Å². The maximum Gasteiger partial charge on any atom is 0.230 e. The highest BCUT2D eigenvalue weighted by Gasteiger charge is 2.67. The first-order valence-corrected chi connectivity index (χ1v) is 9.14. The molecule has 7 nitrogen and oxygen atoms in total. The molecule has 3 aliphatic rings. The van der Waals surface area contributed by atoms with E-state index in [0.29, 0.717) is 13.1 Å². The molecule has 2 unspecified atom stereocenters. The van der Waals surface area contributed by atoms with Gasteiger partial charge >= 0.3 is 0 Å². The van der Waals surface area contributed by atoms with E-state index in [-0.39, 0.29) is 31.1 Å². The summed E-state index contributed by atoms with van der Waals surface area (Å²) in [5, 5.41) is 9.12. The van der Waals surface area contributed by atoms with Crippen molar-refractivity contribution in [1.29, 1.82) is 0 Å².